The highest BCUT2D eigenvalue weighted by atomic mass is 16.6. The summed E-state index contributed by atoms with van der Waals surface area (Å²) in [5.41, 5.74) is 2.89. The summed E-state index contributed by atoms with van der Waals surface area (Å²) in [7, 11) is 1.84. The SMILES string of the molecule is C[n+]1oc(-c2ccccc2)cc1/C=C/c1ccc([N+](=O)[O-])cc1. The van der Waals surface area contributed by atoms with Gasteiger partial charge in [0.15, 0.2) is 7.05 Å². The summed E-state index contributed by atoms with van der Waals surface area (Å²) in [6, 6.07) is 18.2. The lowest BCUT2D eigenvalue weighted by atomic mass is 10.1. The van der Waals surface area contributed by atoms with E-state index in [-0.39, 0.29) is 5.69 Å². The van der Waals surface area contributed by atoms with Gasteiger partial charge in [-0.2, -0.15) is 0 Å². The van der Waals surface area contributed by atoms with Crippen molar-refractivity contribution in [1.29, 1.82) is 0 Å². The number of hydrogen-bond acceptors (Lipinski definition) is 3. The van der Waals surface area contributed by atoms with E-state index < -0.39 is 4.92 Å². The van der Waals surface area contributed by atoms with Gasteiger partial charge >= 0.3 is 0 Å². The van der Waals surface area contributed by atoms with Gasteiger partial charge in [0.2, 0.25) is 5.76 Å². The van der Waals surface area contributed by atoms with Crippen molar-refractivity contribution in [3.8, 4) is 11.3 Å². The van der Waals surface area contributed by atoms with Crippen molar-refractivity contribution >= 4 is 17.8 Å². The van der Waals surface area contributed by atoms with Crippen LogP contribution in [0.2, 0.25) is 0 Å². The number of hydrogen-bond donors (Lipinski definition) is 0. The van der Waals surface area contributed by atoms with Crippen molar-refractivity contribution in [2.75, 3.05) is 0 Å². The Bertz CT molecular complexity index is 850. The summed E-state index contributed by atoms with van der Waals surface area (Å²) in [4.78, 5) is 10.2. The Hall–Kier alpha value is -3.21. The fraction of sp³-hybridized carbons (Fsp3) is 0.0556. The quantitative estimate of drug-likeness (QED) is 0.418. The zero-order valence-electron chi connectivity index (χ0n) is 12.5. The number of aromatic nitrogens is 1. The molecule has 1 aromatic heterocycles. The number of non-ortho nitro benzene ring substituents is 1. The Labute approximate surface area is 133 Å². The number of rotatable bonds is 4. The van der Waals surface area contributed by atoms with Crippen LogP contribution in [0.3, 0.4) is 0 Å². The molecule has 5 nitrogen and oxygen atoms in total. The minimum Gasteiger partial charge on any atom is -0.258 e. The third kappa shape index (κ3) is 3.35. The van der Waals surface area contributed by atoms with Crippen LogP contribution in [0.1, 0.15) is 11.3 Å². The van der Waals surface area contributed by atoms with E-state index in [9.17, 15) is 10.1 Å². The van der Waals surface area contributed by atoms with E-state index in [0.29, 0.717) is 0 Å². The number of benzene rings is 2. The second-order valence-electron chi connectivity index (χ2n) is 5.07. The Morgan fingerprint density at radius 3 is 2.39 bits per heavy atom. The van der Waals surface area contributed by atoms with Crippen LogP contribution in [-0.2, 0) is 7.05 Å². The first-order valence-electron chi connectivity index (χ1n) is 7.12. The molecule has 0 atom stereocenters. The van der Waals surface area contributed by atoms with Gasteiger partial charge in [0.1, 0.15) is 0 Å². The van der Waals surface area contributed by atoms with E-state index in [2.05, 4.69) is 0 Å². The molecule has 1 heterocycles. The lowest BCUT2D eigenvalue weighted by Gasteiger charge is -1.92. The molecule has 0 N–H and O–H groups in total. The molecule has 23 heavy (non-hydrogen) atoms. The fourth-order valence-corrected chi connectivity index (χ4v) is 2.23. The van der Waals surface area contributed by atoms with E-state index in [1.54, 1.807) is 16.9 Å². The van der Waals surface area contributed by atoms with Gasteiger partial charge < -0.3 is 0 Å². The molecular formula is C18H15N2O3+. The second kappa shape index (κ2) is 6.27. The van der Waals surface area contributed by atoms with Crippen molar-refractivity contribution in [1.82, 2.24) is 0 Å². The molecule has 3 aromatic rings. The van der Waals surface area contributed by atoms with Crippen LogP contribution in [0.4, 0.5) is 5.69 Å². The fourth-order valence-electron chi connectivity index (χ4n) is 2.23. The molecule has 5 heteroatoms. The maximum Gasteiger partial charge on any atom is 0.269 e. The minimum absolute atomic E-state index is 0.0855. The smallest absolute Gasteiger partial charge is 0.258 e. The van der Waals surface area contributed by atoms with E-state index >= 15 is 0 Å². The maximum atomic E-state index is 10.6. The molecule has 3 rings (SSSR count). The highest BCUT2D eigenvalue weighted by molar-refractivity contribution is 5.69. The van der Waals surface area contributed by atoms with Crippen molar-refractivity contribution < 1.29 is 14.2 Å². The molecule has 0 bridgehead atoms. The molecule has 2 aromatic carbocycles. The van der Waals surface area contributed by atoms with Gasteiger partial charge in [0, 0.05) is 23.8 Å². The number of nitro benzene ring substituents is 1. The Kier molecular flexibility index (Phi) is 4.01. The number of nitrogens with zero attached hydrogens (tertiary/aromatic N) is 2. The summed E-state index contributed by atoms with van der Waals surface area (Å²) >= 11 is 0. The zero-order valence-corrected chi connectivity index (χ0v) is 12.5. The number of aryl methyl sites for hydroxylation is 1. The third-order valence-electron chi connectivity index (χ3n) is 3.49. The van der Waals surface area contributed by atoms with Gasteiger partial charge in [-0.1, -0.05) is 30.3 Å². The molecule has 0 unspecified atom stereocenters. The number of nitro groups is 1. The van der Waals surface area contributed by atoms with Crippen LogP contribution in [0.15, 0.2) is 65.2 Å². The highest BCUT2D eigenvalue weighted by Gasteiger charge is 2.14. The molecule has 0 amide bonds. The molecule has 0 saturated heterocycles. The highest BCUT2D eigenvalue weighted by Crippen LogP contribution is 2.20. The van der Waals surface area contributed by atoms with Crippen LogP contribution < -0.4 is 4.74 Å². The second-order valence-corrected chi connectivity index (χ2v) is 5.07. The standard InChI is InChI=1S/C18H15N2O3/c1-19-17(13-18(23-19)15-5-3-2-4-6-15)12-9-14-7-10-16(11-8-14)20(21)22/h2-13H,1H3/q+1/b12-9+. The topological polar surface area (TPSA) is 60.2 Å². The van der Waals surface area contributed by atoms with Crippen LogP contribution in [-0.4, -0.2) is 4.92 Å². The first-order chi connectivity index (χ1) is 11.1. The predicted molar refractivity (Wildman–Crippen MR) is 87.3 cm³/mol. The van der Waals surface area contributed by atoms with Crippen molar-refractivity contribution in [2.24, 2.45) is 7.05 Å². The van der Waals surface area contributed by atoms with Crippen LogP contribution in [0.25, 0.3) is 23.5 Å². The van der Waals surface area contributed by atoms with Crippen LogP contribution in [0, 0.1) is 10.1 Å². The molecule has 0 spiro atoms. The van der Waals surface area contributed by atoms with Gasteiger partial charge in [0.25, 0.3) is 11.4 Å². The van der Waals surface area contributed by atoms with E-state index in [1.807, 2.05) is 55.6 Å². The van der Waals surface area contributed by atoms with Gasteiger partial charge in [-0.3, -0.25) is 10.1 Å². The molecule has 0 radical (unpaired) electrons. The normalized spacial score (nSPS) is 11.0. The Balaban J connectivity index is 1.82. The molecule has 114 valence electrons. The van der Waals surface area contributed by atoms with E-state index in [1.165, 1.54) is 12.1 Å². The molecule has 0 fully saturated rings. The van der Waals surface area contributed by atoms with E-state index in [0.717, 1.165) is 22.6 Å². The zero-order chi connectivity index (χ0) is 16.2. The van der Waals surface area contributed by atoms with Gasteiger partial charge in [-0.15, -0.1) is 0 Å². The Morgan fingerprint density at radius 1 is 1.04 bits per heavy atom. The monoisotopic (exact) mass is 307 g/mol. The summed E-state index contributed by atoms with van der Waals surface area (Å²) in [5, 5.41) is 10.6. The first-order valence-corrected chi connectivity index (χ1v) is 7.12. The van der Waals surface area contributed by atoms with Crippen LogP contribution >= 0.6 is 0 Å². The summed E-state index contributed by atoms with van der Waals surface area (Å²) in [5.74, 6) is 0.788. The van der Waals surface area contributed by atoms with Crippen molar-refractivity contribution in [3.63, 3.8) is 0 Å². The lowest BCUT2D eigenvalue weighted by Crippen LogP contribution is -2.27. The van der Waals surface area contributed by atoms with Crippen molar-refractivity contribution in [2.45, 2.75) is 0 Å². The lowest BCUT2D eigenvalue weighted by molar-refractivity contribution is -0.844. The minimum atomic E-state index is -0.407. The van der Waals surface area contributed by atoms with E-state index in [4.69, 9.17) is 4.52 Å². The van der Waals surface area contributed by atoms with Gasteiger partial charge in [0.05, 0.1) is 11.0 Å². The molecule has 0 aliphatic carbocycles. The summed E-state index contributed by atoms with van der Waals surface area (Å²) < 4.78 is 7.40. The summed E-state index contributed by atoms with van der Waals surface area (Å²) in [6.07, 6.45) is 3.81. The van der Waals surface area contributed by atoms with Crippen LogP contribution in [0.5, 0.6) is 0 Å². The average molecular weight is 307 g/mol. The Morgan fingerprint density at radius 2 is 1.74 bits per heavy atom. The predicted octanol–water partition coefficient (Wildman–Crippen LogP) is 3.85. The molecule has 0 aliphatic heterocycles. The summed E-state index contributed by atoms with van der Waals surface area (Å²) in [6.45, 7) is 0. The average Bonchev–Trinajstić information content (AvgIpc) is 2.95. The first kappa shape index (κ1) is 14.7. The van der Waals surface area contributed by atoms with Crippen molar-refractivity contribution in [3.05, 3.63) is 82.0 Å². The third-order valence-corrected chi connectivity index (χ3v) is 3.49. The molecular weight excluding hydrogens is 292 g/mol. The largest absolute Gasteiger partial charge is 0.269 e. The van der Waals surface area contributed by atoms with Gasteiger partial charge in [-0.25, -0.2) is 4.52 Å². The maximum absolute atomic E-state index is 10.6. The molecule has 0 aliphatic rings. The molecule has 0 saturated carbocycles. The van der Waals surface area contributed by atoms with Gasteiger partial charge in [-0.05, 0) is 28.5 Å².